The van der Waals surface area contributed by atoms with Gasteiger partial charge in [-0.25, -0.2) is 9.59 Å². The number of aliphatic hydroxyl groups excluding tert-OH is 1. The topological polar surface area (TPSA) is 155 Å². The molecule has 0 radical (unpaired) electrons. The van der Waals surface area contributed by atoms with Crippen molar-refractivity contribution in [1.82, 2.24) is 21.3 Å². The minimum atomic E-state index is -1.31. The predicted octanol–water partition coefficient (Wildman–Crippen LogP) is 5.70. The van der Waals surface area contributed by atoms with E-state index in [1.54, 1.807) is 27.7 Å². The first-order chi connectivity index (χ1) is 26.0. The summed E-state index contributed by atoms with van der Waals surface area (Å²) >= 11 is 0. The molecule has 0 spiro atoms. The van der Waals surface area contributed by atoms with Gasteiger partial charge in [0.15, 0.2) is 0 Å². The Bertz CT molecular complexity index is 1610. The first-order valence-corrected chi connectivity index (χ1v) is 18.3. The Hall–Kier alpha value is -5.68. The number of benzene rings is 4. The molecule has 0 aliphatic heterocycles. The first-order valence-electron chi connectivity index (χ1n) is 18.3. The maximum absolute atomic E-state index is 13.9. The number of carbonyl (C=O) groups excluding carboxylic acids is 4. The molecule has 0 heterocycles. The molecular weight excluding hydrogens is 684 g/mol. The zero-order chi connectivity index (χ0) is 38.9. The summed E-state index contributed by atoms with van der Waals surface area (Å²) in [5.74, 6) is -1.70. The lowest BCUT2D eigenvalue weighted by Gasteiger charge is -2.34. The molecular formula is C43H52N4O7. The van der Waals surface area contributed by atoms with Crippen LogP contribution in [0.2, 0.25) is 0 Å². The largest absolute Gasteiger partial charge is 0.445 e. The number of nitrogens with one attached hydrogen (secondary N) is 4. The van der Waals surface area contributed by atoms with Crippen LogP contribution in [-0.4, -0.2) is 59.4 Å². The molecule has 11 heteroatoms. The van der Waals surface area contributed by atoms with Gasteiger partial charge in [0.05, 0.1) is 18.2 Å². The number of hydrogen-bond donors (Lipinski definition) is 5. The van der Waals surface area contributed by atoms with Crippen LogP contribution in [0, 0.1) is 11.8 Å². The van der Waals surface area contributed by atoms with Crippen LogP contribution in [0.1, 0.15) is 49.9 Å². The highest BCUT2D eigenvalue weighted by Gasteiger charge is 2.35. The summed E-state index contributed by atoms with van der Waals surface area (Å²) in [4.78, 5) is 53.6. The average Bonchev–Trinajstić information content (AvgIpc) is 3.17. The summed E-state index contributed by atoms with van der Waals surface area (Å²) in [7, 11) is 0. The summed E-state index contributed by atoms with van der Waals surface area (Å²) in [6, 6.07) is 33.4. The third-order valence-corrected chi connectivity index (χ3v) is 8.95. The Kier molecular flexibility index (Phi) is 16.1. The van der Waals surface area contributed by atoms with Gasteiger partial charge in [0, 0.05) is 0 Å². The van der Waals surface area contributed by atoms with E-state index in [-0.39, 0.29) is 37.9 Å². The highest BCUT2D eigenvalue weighted by Crippen LogP contribution is 2.16. The van der Waals surface area contributed by atoms with Gasteiger partial charge in [-0.2, -0.15) is 0 Å². The molecule has 4 rings (SSSR count). The van der Waals surface area contributed by atoms with Crippen molar-refractivity contribution in [2.24, 2.45) is 11.8 Å². The highest BCUT2D eigenvalue weighted by molar-refractivity contribution is 5.87. The van der Waals surface area contributed by atoms with Gasteiger partial charge in [-0.3, -0.25) is 9.59 Å². The molecule has 0 fully saturated rings. The molecule has 4 amide bonds. The lowest BCUT2D eigenvalue weighted by Crippen LogP contribution is -2.61. The van der Waals surface area contributed by atoms with E-state index in [0.717, 1.165) is 22.3 Å². The van der Waals surface area contributed by atoms with Crippen molar-refractivity contribution >= 4 is 24.0 Å². The Morgan fingerprint density at radius 2 is 0.778 bits per heavy atom. The second-order valence-electron chi connectivity index (χ2n) is 14.0. The Labute approximate surface area is 317 Å². The number of alkyl carbamates (subject to hydrolysis) is 2. The summed E-state index contributed by atoms with van der Waals surface area (Å²) in [6.07, 6.45) is -2.38. The van der Waals surface area contributed by atoms with Crippen molar-refractivity contribution in [2.75, 3.05) is 0 Å². The maximum Gasteiger partial charge on any atom is 0.408 e. The molecule has 0 saturated carbocycles. The predicted molar refractivity (Wildman–Crippen MR) is 207 cm³/mol. The fourth-order valence-electron chi connectivity index (χ4n) is 5.93. The van der Waals surface area contributed by atoms with Gasteiger partial charge >= 0.3 is 12.2 Å². The molecule has 5 atom stereocenters. The van der Waals surface area contributed by atoms with Crippen LogP contribution in [0.25, 0.3) is 0 Å². The van der Waals surface area contributed by atoms with Crippen LogP contribution < -0.4 is 21.3 Å². The molecule has 0 aliphatic carbocycles. The average molecular weight is 737 g/mol. The van der Waals surface area contributed by atoms with E-state index in [1.807, 2.05) is 121 Å². The smallest absolute Gasteiger partial charge is 0.408 e. The third-order valence-electron chi connectivity index (χ3n) is 8.95. The molecule has 0 aromatic heterocycles. The number of amides is 4. The summed E-state index contributed by atoms with van der Waals surface area (Å²) in [5, 5.41) is 23.5. The zero-order valence-electron chi connectivity index (χ0n) is 31.3. The molecule has 54 heavy (non-hydrogen) atoms. The number of rotatable bonds is 18. The van der Waals surface area contributed by atoms with Gasteiger partial charge in [-0.15, -0.1) is 0 Å². The van der Waals surface area contributed by atoms with Crippen LogP contribution in [0.3, 0.4) is 0 Å². The molecule has 0 bridgehead atoms. The lowest BCUT2D eigenvalue weighted by molar-refractivity contribution is -0.126. The summed E-state index contributed by atoms with van der Waals surface area (Å²) in [5.41, 5.74) is 3.28. The maximum atomic E-state index is 13.9. The Morgan fingerprint density at radius 1 is 0.481 bits per heavy atom. The third kappa shape index (κ3) is 13.4. The molecule has 11 nitrogen and oxygen atoms in total. The van der Waals surface area contributed by atoms with Crippen LogP contribution in [0.5, 0.6) is 0 Å². The lowest BCUT2D eigenvalue weighted by atomic mass is 9.91. The van der Waals surface area contributed by atoms with Crippen LogP contribution in [-0.2, 0) is 45.1 Å². The normalized spacial score (nSPS) is 13.8. The SMILES string of the molecule is CC(C)[C@H](NC(=O)OCc1ccccc1)C(=O)N[C@H](Cc1ccccc1)C(O)[C@H](Cc1ccccc1)NC(=O)[C@H](NC(=O)OCc1ccccc1)C(C)C. The minimum absolute atomic E-state index is 0.0340. The summed E-state index contributed by atoms with van der Waals surface area (Å²) < 4.78 is 10.8. The van der Waals surface area contributed by atoms with Gasteiger partial charge in [-0.1, -0.05) is 149 Å². The van der Waals surface area contributed by atoms with Gasteiger partial charge in [0.1, 0.15) is 25.3 Å². The number of carbonyl (C=O) groups is 4. The van der Waals surface area contributed by atoms with Crippen LogP contribution >= 0.6 is 0 Å². The van der Waals surface area contributed by atoms with Crippen LogP contribution in [0.4, 0.5) is 9.59 Å². The minimum Gasteiger partial charge on any atom is -0.445 e. The van der Waals surface area contributed by atoms with Gasteiger partial charge in [0.25, 0.3) is 0 Å². The first kappa shape index (κ1) is 41.1. The molecule has 0 saturated heterocycles. The second-order valence-corrected chi connectivity index (χ2v) is 14.0. The van der Waals surface area contributed by atoms with Crippen molar-refractivity contribution in [3.8, 4) is 0 Å². The van der Waals surface area contributed by atoms with E-state index in [9.17, 15) is 24.3 Å². The fourth-order valence-corrected chi connectivity index (χ4v) is 5.93. The Morgan fingerprint density at radius 3 is 1.07 bits per heavy atom. The van der Waals surface area contributed by atoms with Crippen molar-refractivity contribution < 1.29 is 33.8 Å². The highest BCUT2D eigenvalue weighted by atomic mass is 16.6. The standard InChI is InChI=1S/C43H52N4O7/c1-29(2)37(46-42(51)53-27-33-21-13-7-14-22-33)40(49)44-35(25-31-17-9-5-10-18-31)39(48)36(26-32-19-11-6-12-20-32)45-41(50)38(30(3)4)47-43(52)54-28-34-23-15-8-16-24-34/h5-24,29-30,35-39,48H,25-28H2,1-4H3,(H,44,49)(H,45,50)(H,46,51)(H,47,52)/t35-,36+,37+,38-,39?. The van der Waals surface area contributed by atoms with E-state index < -0.39 is 54.3 Å². The molecule has 1 unspecified atom stereocenters. The van der Waals surface area contributed by atoms with E-state index in [0.29, 0.717) is 0 Å². The van der Waals surface area contributed by atoms with Crippen molar-refractivity contribution in [1.29, 1.82) is 0 Å². The van der Waals surface area contributed by atoms with E-state index in [2.05, 4.69) is 21.3 Å². The van der Waals surface area contributed by atoms with Crippen LogP contribution in [0.15, 0.2) is 121 Å². The zero-order valence-corrected chi connectivity index (χ0v) is 31.3. The van der Waals surface area contributed by atoms with Gasteiger partial charge in [0.2, 0.25) is 11.8 Å². The van der Waals surface area contributed by atoms with Crippen molar-refractivity contribution in [2.45, 2.75) is 84.0 Å². The summed E-state index contributed by atoms with van der Waals surface area (Å²) in [6.45, 7) is 7.26. The molecule has 286 valence electrons. The molecule has 4 aromatic carbocycles. The van der Waals surface area contributed by atoms with Gasteiger partial charge < -0.3 is 35.8 Å². The number of aliphatic hydroxyl groups is 1. The van der Waals surface area contributed by atoms with Gasteiger partial charge in [-0.05, 0) is 46.9 Å². The quantitative estimate of drug-likeness (QED) is 0.0878. The molecule has 5 N–H and O–H groups in total. The number of hydrogen-bond acceptors (Lipinski definition) is 7. The Balaban J connectivity index is 1.54. The number of ether oxygens (including phenoxy) is 2. The van der Waals surface area contributed by atoms with Crippen molar-refractivity contribution in [3.63, 3.8) is 0 Å². The van der Waals surface area contributed by atoms with E-state index >= 15 is 0 Å². The molecule has 0 aliphatic rings. The van der Waals surface area contributed by atoms with E-state index in [4.69, 9.17) is 9.47 Å². The van der Waals surface area contributed by atoms with E-state index in [1.165, 1.54) is 0 Å². The fraction of sp³-hybridized carbons (Fsp3) is 0.349. The monoisotopic (exact) mass is 736 g/mol. The van der Waals surface area contributed by atoms with Crippen molar-refractivity contribution in [3.05, 3.63) is 144 Å². The molecule has 4 aromatic rings. The second kappa shape index (κ2) is 21.1.